The average molecular weight is 280 g/mol. The highest BCUT2D eigenvalue weighted by Gasteiger charge is 2.52. The molecular formula is C8H13BF6NO2-. The fraction of sp³-hybridized carbons (Fsp3) is 0.875. The van der Waals surface area contributed by atoms with Crippen molar-refractivity contribution in [3.8, 4) is 0 Å². The molecule has 0 heterocycles. The number of carbonyl (C=O) groups excluding carboxylic acids is 1. The van der Waals surface area contributed by atoms with Gasteiger partial charge in [0, 0.05) is 12.4 Å². The fourth-order valence-corrected chi connectivity index (χ4v) is 0.971. The first-order chi connectivity index (χ1) is 7.73. The molecule has 0 saturated carbocycles. The van der Waals surface area contributed by atoms with Gasteiger partial charge in [0.2, 0.25) is 0 Å². The predicted octanol–water partition coefficient (Wildman–Crippen LogP) is 3.29. The van der Waals surface area contributed by atoms with E-state index < -0.39 is 37.2 Å². The summed E-state index contributed by atoms with van der Waals surface area (Å²) >= 11 is 0. The van der Waals surface area contributed by atoms with E-state index in [0.29, 0.717) is 0 Å². The van der Waals surface area contributed by atoms with Crippen LogP contribution in [0.15, 0.2) is 0 Å². The summed E-state index contributed by atoms with van der Waals surface area (Å²) in [5.74, 6) is -3.55. The molecule has 0 aliphatic rings. The van der Waals surface area contributed by atoms with Crippen molar-refractivity contribution < 1.29 is 35.6 Å². The molecule has 18 heavy (non-hydrogen) atoms. The van der Waals surface area contributed by atoms with Crippen molar-refractivity contribution in [1.82, 2.24) is 5.32 Å². The fourth-order valence-electron chi connectivity index (χ4n) is 0.971. The molecule has 0 rings (SSSR count). The van der Waals surface area contributed by atoms with E-state index in [1.807, 2.05) is 0 Å². The van der Waals surface area contributed by atoms with Crippen LogP contribution >= 0.6 is 0 Å². The van der Waals surface area contributed by atoms with Gasteiger partial charge in [0.05, 0.1) is 0 Å². The van der Waals surface area contributed by atoms with Crippen molar-refractivity contribution in [2.75, 3.05) is 6.54 Å². The minimum atomic E-state index is -6.14. The number of rotatable bonds is 3. The lowest BCUT2D eigenvalue weighted by Gasteiger charge is -2.29. The number of carbonyl (C=O) groups is 1. The topological polar surface area (TPSA) is 38.3 Å². The van der Waals surface area contributed by atoms with Gasteiger partial charge in [-0.25, -0.2) is 4.79 Å². The smallest absolute Gasteiger partial charge is 0.448 e. The molecule has 108 valence electrons. The predicted molar refractivity (Wildman–Crippen MR) is 53.1 cm³/mol. The van der Waals surface area contributed by atoms with Crippen LogP contribution in [-0.4, -0.2) is 31.4 Å². The number of nitrogens with one attached hydrogen (secondary N) is 1. The summed E-state index contributed by atoms with van der Waals surface area (Å²) in [5.41, 5.74) is -0.999. The SMILES string of the molecule is CC(C)(C)OC(=O)NCC([B-](F)(F)F)C(F)(F)F. The van der Waals surface area contributed by atoms with Gasteiger partial charge >= 0.3 is 19.2 Å². The molecule has 0 fully saturated rings. The van der Waals surface area contributed by atoms with E-state index in [4.69, 9.17) is 0 Å². The highest BCUT2D eigenvalue weighted by atomic mass is 19.4. The maximum Gasteiger partial charge on any atom is 0.492 e. The molecule has 1 unspecified atom stereocenters. The molecule has 0 aliphatic heterocycles. The molecule has 0 aromatic carbocycles. The van der Waals surface area contributed by atoms with Crippen LogP contribution in [0.5, 0.6) is 0 Å². The van der Waals surface area contributed by atoms with Gasteiger partial charge in [-0.3, -0.25) is 0 Å². The van der Waals surface area contributed by atoms with E-state index >= 15 is 0 Å². The molecule has 0 aliphatic carbocycles. The van der Waals surface area contributed by atoms with Crippen molar-refractivity contribution in [3.05, 3.63) is 0 Å². The number of alkyl halides is 3. The van der Waals surface area contributed by atoms with Crippen LogP contribution in [-0.2, 0) is 4.74 Å². The van der Waals surface area contributed by atoms with Crippen molar-refractivity contribution in [2.24, 2.45) is 0 Å². The van der Waals surface area contributed by atoms with Gasteiger partial charge < -0.3 is 23.0 Å². The lowest BCUT2D eigenvalue weighted by atomic mass is 9.72. The first-order valence-electron chi connectivity index (χ1n) is 4.97. The van der Waals surface area contributed by atoms with Gasteiger partial charge in [-0.15, -0.1) is 0 Å². The molecule has 1 atom stereocenters. The molecule has 0 saturated heterocycles. The summed E-state index contributed by atoms with van der Waals surface area (Å²) in [7, 11) is 0. The van der Waals surface area contributed by atoms with Gasteiger partial charge in [-0.2, -0.15) is 13.2 Å². The van der Waals surface area contributed by atoms with E-state index in [0.717, 1.165) is 0 Å². The monoisotopic (exact) mass is 280 g/mol. The molecule has 0 radical (unpaired) electrons. The number of hydrogen-bond donors (Lipinski definition) is 1. The van der Waals surface area contributed by atoms with Crippen molar-refractivity contribution in [1.29, 1.82) is 0 Å². The maximum absolute atomic E-state index is 12.2. The number of hydrogen-bond acceptors (Lipinski definition) is 2. The van der Waals surface area contributed by atoms with Crippen LogP contribution in [0.2, 0.25) is 5.82 Å². The van der Waals surface area contributed by atoms with Crippen molar-refractivity contribution >= 4 is 13.1 Å². The zero-order valence-corrected chi connectivity index (χ0v) is 9.95. The lowest BCUT2D eigenvalue weighted by molar-refractivity contribution is -0.139. The highest BCUT2D eigenvalue weighted by Crippen LogP contribution is 2.40. The van der Waals surface area contributed by atoms with Crippen LogP contribution in [0.3, 0.4) is 0 Å². The number of ether oxygens (including phenoxy) is 1. The Kier molecular flexibility index (Phi) is 4.95. The normalized spacial score (nSPS) is 15.2. The highest BCUT2D eigenvalue weighted by molar-refractivity contribution is 6.60. The van der Waals surface area contributed by atoms with Gasteiger partial charge in [-0.1, -0.05) is 0 Å². The van der Waals surface area contributed by atoms with Crippen LogP contribution in [0.1, 0.15) is 20.8 Å². The Bertz CT molecular complexity index is 281. The number of halogens is 6. The number of alkyl carbamates (subject to hydrolysis) is 1. The second-order valence-corrected chi connectivity index (χ2v) is 4.66. The molecule has 0 bridgehead atoms. The minimum Gasteiger partial charge on any atom is -0.448 e. The van der Waals surface area contributed by atoms with Crippen LogP contribution in [0.25, 0.3) is 0 Å². The van der Waals surface area contributed by atoms with Gasteiger partial charge in [0.25, 0.3) is 0 Å². The molecule has 10 heteroatoms. The Morgan fingerprint density at radius 2 is 1.67 bits per heavy atom. The van der Waals surface area contributed by atoms with E-state index in [2.05, 4.69) is 4.74 Å². The molecule has 3 nitrogen and oxygen atoms in total. The maximum atomic E-state index is 12.2. The molecule has 1 amide bonds. The summed E-state index contributed by atoms with van der Waals surface area (Å²) in [5, 5.41) is 1.47. The summed E-state index contributed by atoms with van der Waals surface area (Å²) in [4.78, 5) is 11.0. The third kappa shape index (κ3) is 6.60. The first kappa shape index (κ1) is 16.9. The first-order valence-corrected chi connectivity index (χ1v) is 4.97. The quantitative estimate of drug-likeness (QED) is 0.636. The minimum absolute atomic E-state index is 0.999. The van der Waals surface area contributed by atoms with Gasteiger partial charge in [0.15, 0.2) is 0 Å². The zero-order chi connectivity index (χ0) is 14.8. The number of amides is 1. The Morgan fingerprint density at radius 3 is 1.94 bits per heavy atom. The van der Waals surface area contributed by atoms with Crippen molar-refractivity contribution in [3.63, 3.8) is 0 Å². The zero-order valence-electron chi connectivity index (χ0n) is 9.95. The largest absolute Gasteiger partial charge is 0.492 e. The van der Waals surface area contributed by atoms with E-state index in [9.17, 15) is 30.9 Å². The third-order valence-corrected chi connectivity index (χ3v) is 1.74. The van der Waals surface area contributed by atoms with E-state index in [-0.39, 0.29) is 0 Å². The molecule has 0 aromatic heterocycles. The third-order valence-electron chi connectivity index (χ3n) is 1.74. The summed E-state index contributed by atoms with van der Waals surface area (Å²) in [6, 6.07) is 0. The summed E-state index contributed by atoms with van der Waals surface area (Å²) in [6.07, 6.45) is -6.77. The van der Waals surface area contributed by atoms with Crippen LogP contribution in [0, 0.1) is 0 Å². The second kappa shape index (κ2) is 5.27. The Morgan fingerprint density at radius 1 is 1.22 bits per heavy atom. The van der Waals surface area contributed by atoms with E-state index in [1.165, 1.54) is 26.1 Å². The molecule has 0 aromatic rings. The Labute approximate surface area is 99.9 Å². The lowest BCUT2D eigenvalue weighted by Crippen LogP contribution is -2.44. The van der Waals surface area contributed by atoms with Crippen LogP contribution < -0.4 is 5.32 Å². The molecular weight excluding hydrogens is 267 g/mol. The summed E-state index contributed by atoms with van der Waals surface area (Å²) < 4.78 is 77.3. The molecule has 1 N–H and O–H groups in total. The standard InChI is InChI=1S/C8H13BF6NO2/c1-7(2,3)18-6(17)16-4-5(8(10,11)12)9(13,14)15/h5H,4H2,1-3H3,(H,16,17)/q-1. The van der Waals surface area contributed by atoms with Gasteiger partial charge in [-0.05, 0) is 20.8 Å². The molecule has 0 spiro atoms. The average Bonchev–Trinajstić information content (AvgIpc) is 1.93. The van der Waals surface area contributed by atoms with Crippen molar-refractivity contribution in [2.45, 2.75) is 38.4 Å². The van der Waals surface area contributed by atoms with Gasteiger partial charge in [0.1, 0.15) is 5.60 Å². The van der Waals surface area contributed by atoms with E-state index in [1.54, 1.807) is 0 Å². The Hall–Kier alpha value is -1.09. The van der Waals surface area contributed by atoms with Crippen LogP contribution in [0.4, 0.5) is 30.9 Å². The summed E-state index contributed by atoms with van der Waals surface area (Å²) in [6.45, 7) is -3.42. The second-order valence-electron chi connectivity index (χ2n) is 4.66. The Balaban J connectivity index is 4.52.